The Morgan fingerprint density at radius 2 is 1.70 bits per heavy atom. The van der Waals surface area contributed by atoms with E-state index in [0.717, 1.165) is 10.5 Å². The van der Waals surface area contributed by atoms with Gasteiger partial charge in [-0.1, -0.05) is 35.9 Å². The lowest BCUT2D eigenvalue weighted by Crippen LogP contribution is -2.36. The number of carbonyl (C=O) groups excluding carboxylic acids is 2. The Labute approximate surface area is 143 Å². The number of hydrogen-bond acceptors (Lipinski definition) is 3. The molecule has 1 heterocycles. The lowest BCUT2D eigenvalue weighted by molar-refractivity contribution is 0.0952. The second-order valence-electron chi connectivity index (χ2n) is 5.20. The van der Waals surface area contributed by atoms with Gasteiger partial charge in [0.25, 0.3) is 5.91 Å². The minimum atomic E-state index is -0.981. The van der Waals surface area contributed by atoms with Crippen LogP contribution in [0, 0.1) is 6.92 Å². The highest BCUT2D eigenvalue weighted by Crippen LogP contribution is 2.35. The van der Waals surface area contributed by atoms with Gasteiger partial charge < -0.3 is 4.74 Å². The summed E-state index contributed by atoms with van der Waals surface area (Å²) in [6.45, 7) is 1.92. The molecule has 4 nitrogen and oxygen atoms in total. The molecule has 0 radical (unpaired) electrons. The van der Waals surface area contributed by atoms with Crippen molar-refractivity contribution in [3.63, 3.8) is 0 Å². The Balaban J connectivity index is 2.12. The molecule has 0 aliphatic carbocycles. The van der Waals surface area contributed by atoms with Gasteiger partial charge in [0.15, 0.2) is 6.10 Å². The van der Waals surface area contributed by atoms with Crippen LogP contribution < -0.4 is 4.90 Å². The summed E-state index contributed by atoms with van der Waals surface area (Å²) in [6, 6.07) is 13.8. The number of benzene rings is 2. The summed E-state index contributed by atoms with van der Waals surface area (Å²) in [7, 11) is 0. The Morgan fingerprint density at radius 3 is 2.35 bits per heavy atom. The van der Waals surface area contributed by atoms with Crippen molar-refractivity contribution in [3.8, 4) is 0 Å². The number of hydrogen-bond donors (Lipinski definition) is 0. The maximum absolute atomic E-state index is 12.8. The molecule has 118 valence electrons. The molecule has 0 saturated carbocycles. The largest absolute Gasteiger partial charge is 0.438 e. The number of fused-ring (bicyclic) bond motifs is 1. The minimum absolute atomic E-state index is 0.343. The second kappa shape index (κ2) is 6.22. The number of imide groups is 1. The molecule has 1 aliphatic heterocycles. The van der Waals surface area contributed by atoms with E-state index >= 15 is 0 Å². The number of ether oxygens (including phenoxy) is 1. The number of rotatable bonds is 2. The molecule has 0 N–H and O–H groups in total. The van der Waals surface area contributed by atoms with Gasteiger partial charge in [-0.25, -0.2) is 9.69 Å². The molecule has 2 aromatic rings. The Hall–Kier alpha value is -2.04. The van der Waals surface area contributed by atoms with Crippen LogP contribution in [0.15, 0.2) is 48.5 Å². The third-order valence-corrected chi connectivity index (χ3v) is 4.09. The average molecular weight is 350 g/mol. The number of halogens is 2. The van der Waals surface area contributed by atoms with Crippen LogP contribution in [0.5, 0.6) is 0 Å². The highest BCUT2D eigenvalue weighted by molar-refractivity contribution is 6.44. The van der Waals surface area contributed by atoms with E-state index in [-0.39, 0.29) is 0 Å². The zero-order valence-corrected chi connectivity index (χ0v) is 13.7. The van der Waals surface area contributed by atoms with E-state index < -0.39 is 22.9 Å². The molecule has 1 unspecified atom stereocenters. The minimum Gasteiger partial charge on any atom is -0.438 e. The standard InChI is InChI=1S/C17H13Cl2NO3/c1-10-6-8-11(9-7-10)20-16(21)13-5-3-2-4-12(13)14(15(18)19)23-17(20)22/h2-9,14-15H,1H3. The number of cyclic esters (lactones) is 1. The molecule has 1 aliphatic rings. The molecule has 2 aromatic carbocycles. The van der Waals surface area contributed by atoms with Crippen LogP contribution in [-0.2, 0) is 4.74 Å². The fourth-order valence-corrected chi connectivity index (χ4v) is 2.85. The summed E-state index contributed by atoms with van der Waals surface area (Å²) in [4.78, 5) is 25.3. The molecule has 1 atom stereocenters. The van der Waals surface area contributed by atoms with Gasteiger partial charge in [0, 0.05) is 11.1 Å². The summed E-state index contributed by atoms with van der Waals surface area (Å²) in [5, 5.41) is 0. The summed E-state index contributed by atoms with van der Waals surface area (Å²) < 4.78 is 5.37. The molecule has 0 aromatic heterocycles. The molecule has 0 saturated heterocycles. The van der Waals surface area contributed by atoms with Crippen molar-refractivity contribution in [2.24, 2.45) is 0 Å². The van der Waals surface area contributed by atoms with Gasteiger partial charge in [-0.2, -0.15) is 0 Å². The predicted octanol–water partition coefficient (Wildman–Crippen LogP) is 4.64. The van der Waals surface area contributed by atoms with Gasteiger partial charge in [-0.3, -0.25) is 4.79 Å². The average Bonchev–Trinajstić information content (AvgIpc) is 2.64. The van der Waals surface area contributed by atoms with Crippen molar-refractivity contribution >= 4 is 40.9 Å². The number of amides is 2. The monoisotopic (exact) mass is 349 g/mol. The Morgan fingerprint density at radius 1 is 1.04 bits per heavy atom. The maximum Gasteiger partial charge on any atom is 0.422 e. The van der Waals surface area contributed by atoms with E-state index in [2.05, 4.69) is 0 Å². The van der Waals surface area contributed by atoms with Crippen LogP contribution in [0.3, 0.4) is 0 Å². The smallest absolute Gasteiger partial charge is 0.422 e. The summed E-state index contributed by atoms with van der Waals surface area (Å²) in [5.74, 6) is -0.467. The van der Waals surface area contributed by atoms with Crippen molar-refractivity contribution in [1.82, 2.24) is 0 Å². The molecular weight excluding hydrogens is 337 g/mol. The van der Waals surface area contributed by atoms with Gasteiger partial charge in [-0.05, 0) is 25.1 Å². The van der Waals surface area contributed by atoms with Crippen molar-refractivity contribution in [1.29, 1.82) is 0 Å². The fraction of sp³-hybridized carbons (Fsp3) is 0.176. The molecule has 23 heavy (non-hydrogen) atoms. The lowest BCUT2D eigenvalue weighted by Gasteiger charge is -2.20. The molecule has 0 fully saturated rings. The zero-order valence-electron chi connectivity index (χ0n) is 12.2. The van der Waals surface area contributed by atoms with E-state index in [0.29, 0.717) is 16.8 Å². The van der Waals surface area contributed by atoms with Crippen molar-refractivity contribution in [2.75, 3.05) is 4.90 Å². The molecule has 3 rings (SSSR count). The number of aryl methyl sites for hydroxylation is 1. The predicted molar refractivity (Wildman–Crippen MR) is 89.1 cm³/mol. The summed E-state index contributed by atoms with van der Waals surface area (Å²) in [5.41, 5.74) is 2.29. The van der Waals surface area contributed by atoms with Gasteiger partial charge in [0.1, 0.15) is 4.84 Å². The number of anilines is 1. The van der Waals surface area contributed by atoms with Gasteiger partial charge in [0.05, 0.1) is 5.69 Å². The molecule has 2 amide bonds. The van der Waals surface area contributed by atoms with Crippen LogP contribution in [0.1, 0.15) is 27.6 Å². The van der Waals surface area contributed by atoms with Crippen LogP contribution in [0.2, 0.25) is 0 Å². The first-order chi connectivity index (χ1) is 11.0. The maximum atomic E-state index is 12.8. The van der Waals surface area contributed by atoms with E-state index in [1.165, 1.54) is 0 Å². The van der Waals surface area contributed by atoms with Gasteiger partial charge >= 0.3 is 6.09 Å². The van der Waals surface area contributed by atoms with Crippen LogP contribution in [0.4, 0.5) is 10.5 Å². The first-order valence-electron chi connectivity index (χ1n) is 6.98. The van der Waals surface area contributed by atoms with E-state index in [9.17, 15) is 9.59 Å². The lowest BCUT2D eigenvalue weighted by atomic mass is 10.0. The summed E-state index contributed by atoms with van der Waals surface area (Å²) in [6.07, 6.45) is -1.70. The SMILES string of the molecule is Cc1ccc(N2C(=O)OC(C(Cl)Cl)c3ccccc3C2=O)cc1. The van der Waals surface area contributed by atoms with E-state index in [1.54, 1.807) is 36.4 Å². The van der Waals surface area contributed by atoms with Crippen LogP contribution >= 0.6 is 23.2 Å². The van der Waals surface area contributed by atoms with Crippen LogP contribution in [0.25, 0.3) is 0 Å². The van der Waals surface area contributed by atoms with E-state index in [4.69, 9.17) is 27.9 Å². The molecule has 0 bridgehead atoms. The highest BCUT2D eigenvalue weighted by atomic mass is 35.5. The Kier molecular flexibility index (Phi) is 4.28. The van der Waals surface area contributed by atoms with Crippen molar-refractivity contribution in [2.45, 2.75) is 17.9 Å². The quantitative estimate of drug-likeness (QED) is 0.742. The number of carbonyl (C=O) groups is 2. The third-order valence-electron chi connectivity index (χ3n) is 3.63. The summed E-state index contributed by atoms with van der Waals surface area (Å²) >= 11 is 11.9. The van der Waals surface area contributed by atoms with Gasteiger partial charge in [0.2, 0.25) is 0 Å². The zero-order chi connectivity index (χ0) is 16.6. The molecule has 6 heteroatoms. The first kappa shape index (κ1) is 15.8. The number of alkyl halides is 2. The van der Waals surface area contributed by atoms with Crippen molar-refractivity contribution < 1.29 is 14.3 Å². The van der Waals surface area contributed by atoms with Crippen molar-refractivity contribution in [3.05, 3.63) is 65.2 Å². The van der Waals surface area contributed by atoms with E-state index in [1.807, 2.05) is 19.1 Å². The second-order valence-corrected chi connectivity index (χ2v) is 6.37. The number of nitrogens with zero attached hydrogens (tertiary/aromatic N) is 1. The molecular formula is C17H13Cl2NO3. The topological polar surface area (TPSA) is 46.6 Å². The molecule has 0 spiro atoms. The van der Waals surface area contributed by atoms with Gasteiger partial charge in [-0.15, -0.1) is 23.2 Å². The van der Waals surface area contributed by atoms with Crippen LogP contribution in [-0.4, -0.2) is 16.8 Å². The Bertz CT molecular complexity index is 759. The fourth-order valence-electron chi connectivity index (χ4n) is 2.47. The highest BCUT2D eigenvalue weighted by Gasteiger charge is 2.38. The first-order valence-corrected chi connectivity index (χ1v) is 7.85. The third kappa shape index (κ3) is 2.92. The normalized spacial score (nSPS) is 17.7.